The van der Waals surface area contributed by atoms with Crippen LogP contribution in [-0.4, -0.2) is 53.1 Å². The average molecular weight is 463 g/mol. The van der Waals surface area contributed by atoms with E-state index in [1.54, 1.807) is 16.7 Å². The van der Waals surface area contributed by atoms with Gasteiger partial charge in [0.2, 0.25) is 5.91 Å². The van der Waals surface area contributed by atoms with Gasteiger partial charge in [0.1, 0.15) is 16.5 Å². The van der Waals surface area contributed by atoms with Gasteiger partial charge >= 0.3 is 0 Å². The lowest BCUT2D eigenvalue weighted by Crippen LogP contribution is -2.20. The van der Waals surface area contributed by atoms with Crippen LogP contribution in [0.15, 0.2) is 15.8 Å². The monoisotopic (exact) mass is 462 g/mol. The lowest BCUT2D eigenvalue weighted by atomic mass is 10.2. The minimum absolute atomic E-state index is 0. The summed E-state index contributed by atoms with van der Waals surface area (Å²) in [6.45, 7) is 2.79. The highest BCUT2D eigenvalue weighted by atomic mass is 35.5. The summed E-state index contributed by atoms with van der Waals surface area (Å²) in [5.74, 6) is 0.872. The van der Waals surface area contributed by atoms with Crippen LogP contribution in [0.3, 0.4) is 0 Å². The second kappa shape index (κ2) is 13.1. The second-order valence-electron chi connectivity index (χ2n) is 6.33. The highest BCUT2D eigenvalue weighted by Gasteiger charge is 2.09. The van der Waals surface area contributed by atoms with Crippen LogP contribution >= 0.6 is 35.1 Å². The number of amides is 1. The van der Waals surface area contributed by atoms with Crippen LogP contribution in [0.1, 0.15) is 36.9 Å². The maximum absolute atomic E-state index is 12.1. The van der Waals surface area contributed by atoms with Crippen LogP contribution in [0.4, 0.5) is 0 Å². The number of halogens is 1. The molecule has 0 unspecified atom stereocenters. The molecule has 0 aliphatic heterocycles. The van der Waals surface area contributed by atoms with Crippen molar-refractivity contribution >= 4 is 57.8 Å². The summed E-state index contributed by atoms with van der Waals surface area (Å²) in [5.41, 5.74) is 1.23. The van der Waals surface area contributed by atoms with Gasteiger partial charge in [0, 0.05) is 43.1 Å². The Labute approximate surface area is 183 Å². The maximum Gasteiger partial charge on any atom is 0.216 e. The fourth-order valence-electron chi connectivity index (χ4n) is 2.29. The first-order chi connectivity index (χ1) is 13.0. The molecule has 0 saturated heterocycles. The van der Waals surface area contributed by atoms with Gasteiger partial charge in [0.05, 0.1) is 23.2 Å². The fraction of sp³-hybridized carbons (Fsp3) is 0.556. The Morgan fingerprint density at radius 2 is 2.00 bits per heavy atom. The number of carbonyl (C=O) groups excluding carboxylic acids is 1. The number of thiazole rings is 2. The molecule has 2 rings (SSSR count). The topological polar surface area (TPSA) is 90.3 Å². The average Bonchev–Trinajstić information content (AvgIpc) is 3.27. The number of unbranched alkanes of at least 4 members (excludes halogenated alkanes) is 1. The van der Waals surface area contributed by atoms with Crippen LogP contribution in [0.25, 0.3) is 10.7 Å². The second-order valence-corrected chi connectivity index (χ2v) is 10.5. The van der Waals surface area contributed by atoms with E-state index in [9.17, 15) is 9.90 Å². The van der Waals surface area contributed by atoms with Gasteiger partial charge in [-0.25, -0.2) is 9.97 Å². The minimum Gasteiger partial charge on any atom is -0.857 e. The quantitative estimate of drug-likeness (QED) is 0.240. The van der Waals surface area contributed by atoms with Gasteiger partial charge in [-0.05, 0) is 30.2 Å². The zero-order chi connectivity index (χ0) is 19.6. The molecule has 156 valence electrons. The number of hydrogen-bond acceptors (Lipinski definition) is 7. The van der Waals surface area contributed by atoms with Crippen LogP contribution in [0.2, 0.25) is 0 Å². The lowest BCUT2D eigenvalue weighted by Gasteiger charge is -2.06. The van der Waals surface area contributed by atoms with E-state index >= 15 is 0 Å². The number of aromatic nitrogens is 2. The standard InChI is InChI=1S/C18H26N4O2S3.ClH/c1-13(23)19-8-5-4-7-16-21-15(12-25-16)18-22-14(11-26-18)17(24)20-9-6-10-27(2)3;/h11-12H,4-10H2,1-3H3,(H-,19,20,23,24);1H. The highest BCUT2D eigenvalue weighted by Crippen LogP contribution is 2.26. The Morgan fingerprint density at radius 1 is 1.21 bits per heavy atom. The molecular formula is C18H27ClN4O2S3. The SMILES string of the molecule is CC(=O)NCCCCc1nc(-c2nc(C([O-])=NCCC[S+](C)C)cs2)cs1.Cl. The molecule has 0 radical (unpaired) electrons. The molecule has 0 spiro atoms. The van der Waals surface area contributed by atoms with Gasteiger partial charge in [-0.1, -0.05) is 0 Å². The van der Waals surface area contributed by atoms with Crippen molar-refractivity contribution in [2.45, 2.75) is 32.6 Å². The lowest BCUT2D eigenvalue weighted by molar-refractivity contribution is -0.213. The molecule has 0 aliphatic carbocycles. The molecule has 1 amide bonds. The Morgan fingerprint density at radius 3 is 2.71 bits per heavy atom. The predicted octanol–water partition coefficient (Wildman–Crippen LogP) is 2.52. The number of rotatable bonds is 11. The van der Waals surface area contributed by atoms with E-state index in [0.717, 1.165) is 47.1 Å². The van der Waals surface area contributed by atoms with E-state index in [0.29, 0.717) is 29.7 Å². The van der Waals surface area contributed by atoms with Crippen molar-refractivity contribution in [3.8, 4) is 10.7 Å². The third kappa shape index (κ3) is 8.89. The number of hydrogen-bond donors (Lipinski definition) is 1. The summed E-state index contributed by atoms with van der Waals surface area (Å²) in [4.78, 5) is 24.0. The molecule has 0 aromatic carbocycles. The van der Waals surface area contributed by atoms with Gasteiger partial charge < -0.3 is 10.4 Å². The third-order valence-corrected chi connectivity index (χ3v) is 6.53. The molecule has 0 saturated carbocycles. The Bertz CT molecular complexity index is 762. The molecule has 0 aliphatic rings. The smallest absolute Gasteiger partial charge is 0.216 e. The molecule has 1 N–H and O–H groups in total. The van der Waals surface area contributed by atoms with Gasteiger partial charge in [-0.3, -0.25) is 9.79 Å². The van der Waals surface area contributed by atoms with Crippen molar-refractivity contribution in [1.82, 2.24) is 15.3 Å². The minimum atomic E-state index is -0.238. The number of carbonyl (C=O) groups is 1. The van der Waals surface area contributed by atoms with Crippen molar-refractivity contribution in [2.24, 2.45) is 4.99 Å². The van der Waals surface area contributed by atoms with E-state index in [1.165, 1.54) is 18.3 Å². The van der Waals surface area contributed by atoms with E-state index in [1.807, 2.05) is 5.38 Å². The van der Waals surface area contributed by atoms with Gasteiger partial charge in [-0.15, -0.1) is 35.1 Å². The summed E-state index contributed by atoms with van der Waals surface area (Å²) in [7, 11) is 0.390. The fourth-order valence-corrected chi connectivity index (χ4v) is 4.65. The molecule has 0 fully saturated rings. The van der Waals surface area contributed by atoms with Gasteiger partial charge in [0.15, 0.2) is 0 Å². The predicted molar refractivity (Wildman–Crippen MR) is 122 cm³/mol. The number of nitrogens with zero attached hydrogens (tertiary/aromatic N) is 3. The molecule has 6 nitrogen and oxygen atoms in total. The van der Waals surface area contributed by atoms with Crippen molar-refractivity contribution in [3.63, 3.8) is 0 Å². The first-order valence-electron chi connectivity index (χ1n) is 8.86. The number of aliphatic imine (C=N–C) groups is 1. The molecule has 0 bridgehead atoms. The first-order valence-corrected chi connectivity index (χ1v) is 12.8. The van der Waals surface area contributed by atoms with E-state index in [4.69, 9.17) is 0 Å². The zero-order valence-corrected chi connectivity index (χ0v) is 19.7. The van der Waals surface area contributed by atoms with Crippen molar-refractivity contribution in [1.29, 1.82) is 0 Å². The molecule has 2 heterocycles. The molecule has 10 heteroatoms. The van der Waals surface area contributed by atoms with Gasteiger partial charge in [-0.2, -0.15) is 0 Å². The molecule has 2 aromatic heterocycles. The summed E-state index contributed by atoms with van der Waals surface area (Å²) >= 11 is 3.04. The van der Waals surface area contributed by atoms with Crippen LogP contribution < -0.4 is 10.4 Å². The van der Waals surface area contributed by atoms with Crippen molar-refractivity contribution in [2.75, 3.05) is 31.4 Å². The van der Waals surface area contributed by atoms with Crippen molar-refractivity contribution in [3.05, 3.63) is 21.5 Å². The van der Waals surface area contributed by atoms with Gasteiger partial charge in [0.25, 0.3) is 0 Å². The third-order valence-electron chi connectivity index (χ3n) is 3.65. The molecule has 2 aromatic rings. The largest absolute Gasteiger partial charge is 0.857 e. The summed E-state index contributed by atoms with van der Waals surface area (Å²) in [6.07, 6.45) is 8.12. The van der Waals surface area contributed by atoms with Crippen molar-refractivity contribution < 1.29 is 9.90 Å². The normalized spacial score (nSPS) is 11.5. The Balaban J connectivity index is 0.00000392. The molecular weight excluding hydrogens is 436 g/mol. The van der Waals surface area contributed by atoms with E-state index in [-0.39, 0.29) is 24.2 Å². The van der Waals surface area contributed by atoms with E-state index in [2.05, 4.69) is 32.8 Å². The summed E-state index contributed by atoms with van der Waals surface area (Å²) in [5, 5.41) is 20.5. The summed E-state index contributed by atoms with van der Waals surface area (Å²) < 4.78 is 0. The summed E-state index contributed by atoms with van der Waals surface area (Å²) in [6, 6.07) is 0. The first kappa shape index (κ1) is 24.9. The van der Waals surface area contributed by atoms with E-state index < -0.39 is 0 Å². The van der Waals surface area contributed by atoms with Crippen LogP contribution in [0, 0.1) is 0 Å². The maximum atomic E-state index is 12.1. The highest BCUT2D eigenvalue weighted by molar-refractivity contribution is 7.95. The number of aryl methyl sites for hydroxylation is 1. The Kier molecular flexibility index (Phi) is 11.7. The Hall–Kier alpha value is -1.16. The zero-order valence-electron chi connectivity index (χ0n) is 16.4. The van der Waals surface area contributed by atoms with Crippen LogP contribution in [-0.2, 0) is 22.1 Å². The number of nitrogens with one attached hydrogen (secondary N) is 1. The van der Waals surface area contributed by atoms with Crippen LogP contribution in [0.5, 0.6) is 0 Å². The molecule has 0 atom stereocenters. The molecule has 28 heavy (non-hydrogen) atoms.